The first-order valence-electron chi connectivity index (χ1n) is 11.1. The molecule has 1 saturated heterocycles. The number of pyridine rings is 1. The van der Waals surface area contributed by atoms with Gasteiger partial charge in [0.05, 0.1) is 22.5 Å². The Kier molecular flexibility index (Phi) is 4.42. The quantitative estimate of drug-likeness (QED) is 0.336. The lowest BCUT2D eigenvalue weighted by Gasteiger charge is -2.15. The molecule has 1 aliphatic rings. The molecule has 0 amide bonds. The van der Waals surface area contributed by atoms with Crippen LogP contribution in [-0.2, 0) is 9.31 Å². The molecule has 2 aromatic heterocycles. The van der Waals surface area contributed by atoms with E-state index in [0.29, 0.717) is 5.76 Å². The third-order valence-corrected chi connectivity index (χ3v) is 6.38. The molecule has 0 radical (unpaired) electrons. The number of hydrogen-bond acceptors (Lipinski definition) is 3. The predicted molar refractivity (Wildman–Crippen MR) is 135 cm³/mol. The lowest BCUT2D eigenvalue weighted by molar-refractivity contribution is 0.173. The van der Waals surface area contributed by atoms with E-state index in [9.17, 15) is 0 Å². The number of aromatic nitrogens is 2. The van der Waals surface area contributed by atoms with Gasteiger partial charge in [0.25, 0.3) is 0 Å². The minimum atomic E-state index is -0.494. The SMILES string of the molecule is C=C1OB(c2ccc(-c3ccc(-n4c5ccccc5c5ccccc54)cc3)nc2)OC1(C)C. The Morgan fingerprint density at radius 1 is 0.818 bits per heavy atom. The van der Waals surface area contributed by atoms with E-state index in [1.54, 1.807) is 0 Å². The lowest BCUT2D eigenvalue weighted by Crippen LogP contribution is -2.34. The van der Waals surface area contributed by atoms with Crippen LogP contribution in [0.15, 0.2) is 103 Å². The standard InChI is InChI=1S/C28H23BN2O2/c1-19-28(2,3)33-29(32-19)21-14-17-25(30-18-21)20-12-15-22(16-13-20)31-26-10-6-4-8-23(26)24-9-5-7-11-27(24)31/h4-18H,1H2,2-3H3. The van der Waals surface area contributed by atoms with E-state index in [0.717, 1.165) is 22.4 Å². The van der Waals surface area contributed by atoms with Gasteiger partial charge in [0.2, 0.25) is 0 Å². The highest BCUT2D eigenvalue weighted by Crippen LogP contribution is 2.32. The zero-order valence-corrected chi connectivity index (χ0v) is 18.7. The minimum Gasteiger partial charge on any atom is -0.534 e. The van der Waals surface area contributed by atoms with Crippen molar-refractivity contribution in [1.82, 2.24) is 9.55 Å². The van der Waals surface area contributed by atoms with Crippen molar-refractivity contribution in [3.05, 3.63) is 103 Å². The van der Waals surface area contributed by atoms with E-state index in [1.807, 2.05) is 32.2 Å². The Morgan fingerprint density at radius 3 is 2.00 bits per heavy atom. The summed E-state index contributed by atoms with van der Waals surface area (Å²) in [5.41, 5.74) is 5.89. The van der Waals surface area contributed by atoms with Gasteiger partial charge in [-0.2, -0.15) is 0 Å². The largest absolute Gasteiger partial charge is 0.564 e. The van der Waals surface area contributed by atoms with E-state index < -0.39 is 12.7 Å². The number of benzene rings is 3. The Labute approximate surface area is 193 Å². The van der Waals surface area contributed by atoms with Gasteiger partial charge in [-0.1, -0.05) is 61.2 Å². The average molecular weight is 430 g/mol. The second-order valence-electron chi connectivity index (χ2n) is 8.89. The molecule has 0 bridgehead atoms. The smallest absolute Gasteiger partial charge is 0.534 e. The van der Waals surface area contributed by atoms with Crippen molar-refractivity contribution >= 4 is 34.4 Å². The van der Waals surface area contributed by atoms with Crippen LogP contribution in [0.4, 0.5) is 0 Å². The van der Waals surface area contributed by atoms with Crippen LogP contribution >= 0.6 is 0 Å². The molecule has 0 saturated carbocycles. The summed E-state index contributed by atoms with van der Waals surface area (Å²) in [4.78, 5) is 4.66. The fraction of sp³-hybridized carbons (Fsp3) is 0.107. The summed E-state index contributed by atoms with van der Waals surface area (Å²) in [7, 11) is -0.466. The Balaban J connectivity index is 1.33. The van der Waals surface area contributed by atoms with Crippen LogP contribution in [0.5, 0.6) is 0 Å². The molecule has 3 heterocycles. The van der Waals surface area contributed by atoms with E-state index in [2.05, 4.69) is 88.9 Å². The molecule has 0 spiro atoms. The molecule has 33 heavy (non-hydrogen) atoms. The van der Waals surface area contributed by atoms with Gasteiger partial charge in [-0.05, 0) is 44.2 Å². The molecule has 160 valence electrons. The summed E-state index contributed by atoms with van der Waals surface area (Å²) in [6.07, 6.45) is 1.82. The summed E-state index contributed by atoms with van der Waals surface area (Å²) >= 11 is 0. The van der Waals surface area contributed by atoms with Gasteiger partial charge in [-0.15, -0.1) is 0 Å². The summed E-state index contributed by atoms with van der Waals surface area (Å²) in [5.74, 6) is 0.636. The van der Waals surface area contributed by atoms with Crippen molar-refractivity contribution < 1.29 is 9.31 Å². The fourth-order valence-corrected chi connectivity index (χ4v) is 4.46. The summed E-state index contributed by atoms with van der Waals surface area (Å²) < 4.78 is 14.0. The lowest BCUT2D eigenvalue weighted by atomic mass is 9.80. The maximum Gasteiger partial charge on any atom is 0.564 e. The van der Waals surface area contributed by atoms with Gasteiger partial charge < -0.3 is 13.9 Å². The Bertz CT molecular complexity index is 1450. The second-order valence-corrected chi connectivity index (χ2v) is 8.89. The summed E-state index contributed by atoms with van der Waals surface area (Å²) in [5, 5.41) is 2.52. The summed E-state index contributed by atoms with van der Waals surface area (Å²) in [6.45, 7) is 7.85. The predicted octanol–water partition coefficient (Wildman–Crippen LogP) is 5.88. The van der Waals surface area contributed by atoms with Gasteiger partial charge in [-0.3, -0.25) is 4.98 Å². The Hall–Kier alpha value is -3.83. The molecule has 1 fully saturated rings. The Morgan fingerprint density at radius 2 is 1.45 bits per heavy atom. The van der Waals surface area contributed by atoms with E-state index in [4.69, 9.17) is 9.31 Å². The fourth-order valence-electron chi connectivity index (χ4n) is 4.46. The monoisotopic (exact) mass is 430 g/mol. The van der Waals surface area contributed by atoms with Crippen molar-refractivity contribution in [2.75, 3.05) is 0 Å². The number of fused-ring (bicyclic) bond motifs is 3. The molecule has 3 aromatic carbocycles. The highest BCUT2D eigenvalue weighted by molar-refractivity contribution is 6.62. The first-order chi connectivity index (χ1) is 16.0. The average Bonchev–Trinajstić information content (AvgIpc) is 3.32. The molecule has 0 unspecified atom stereocenters. The maximum absolute atomic E-state index is 5.96. The van der Waals surface area contributed by atoms with Crippen LogP contribution in [0.2, 0.25) is 0 Å². The molecule has 1 aliphatic heterocycles. The topological polar surface area (TPSA) is 36.3 Å². The highest BCUT2D eigenvalue weighted by Gasteiger charge is 2.42. The number of rotatable bonds is 3. The molecule has 0 N–H and O–H groups in total. The van der Waals surface area contributed by atoms with Crippen molar-refractivity contribution in [1.29, 1.82) is 0 Å². The zero-order valence-electron chi connectivity index (χ0n) is 18.7. The molecule has 5 heteroatoms. The van der Waals surface area contributed by atoms with Gasteiger partial charge >= 0.3 is 7.12 Å². The third kappa shape index (κ3) is 3.24. The van der Waals surface area contributed by atoms with Crippen LogP contribution in [0, 0.1) is 0 Å². The number of nitrogens with zero attached hydrogens (tertiary/aromatic N) is 2. The minimum absolute atomic E-state index is 0.466. The van der Waals surface area contributed by atoms with E-state index in [-0.39, 0.29) is 0 Å². The molecule has 4 nitrogen and oxygen atoms in total. The highest BCUT2D eigenvalue weighted by atomic mass is 16.7. The van der Waals surface area contributed by atoms with Gasteiger partial charge in [-0.25, -0.2) is 0 Å². The molecule has 6 rings (SSSR count). The first kappa shape index (κ1) is 19.8. The second kappa shape index (κ2) is 7.36. The molecule has 0 atom stereocenters. The van der Waals surface area contributed by atoms with Crippen molar-refractivity contribution in [3.8, 4) is 16.9 Å². The normalized spacial score (nSPS) is 15.3. The zero-order chi connectivity index (χ0) is 22.6. The maximum atomic E-state index is 5.96. The molecule has 0 aliphatic carbocycles. The number of hydrogen-bond donors (Lipinski definition) is 0. The third-order valence-electron chi connectivity index (χ3n) is 6.38. The van der Waals surface area contributed by atoms with Crippen LogP contribution in [0.3, 0.4) is 0 Å². The van der Waals surface area contributed by atoms with E-state index >= 15 is 0 Å². The van der Waals surface area contributed by atoms with Crippen LogP contribution < -0.4 is 5.46 Å². The van der Waals surface area contributed by atoms with Gasteiger partial charge in [0.1, 0.15) is 5.60 Å². The molecular weight excluding hydrogens is 407 g/mol. The van der Waals surface area contributed by atoms with Crippen LogP contribution in [-0.4, -0.2) is 22.3 Å². The van der Waals surface area contributed by atoms with Crippen molar-refractivity contribution in [2.24, 2.45) is 0 Å². The first-order valence-corrected chi connectivity index (χ1v) is 11.1. The molecular formula is C28H23BN2O2. The van der Waals surface area contributed by atoms with Gasteiger partial charge in [0.15, 0.2) is 0 Å². The number of para-hydroxylation sites is 2. The van der Waals surface area contributed by atoms with Gasteiger partial charge in [0, 0.05) is 33.7 Å². The summed E-state index contributed by atoms with van der Waals surface area (Å²) in [6, 6.07) is 29.6. The van der Waals surface area contributed by atoms with E-state index in [1.165, 1.54) is 21.8 Å². The van der Waals surface area contributed by atoms with Crippen molar-refractivity contribution in [3.63, 3.8) is 0 Å². The van der Waals surface area contributed by atoms with Crippen LogP contribution in [0.1, 0.15) is 13.8 Å². The van der Waals surface area contributed by atoms with Crippen LogP contribution in [0.25, 0.3) is 38.8 Å². The van der Waals surface area contributed by atoms with Crippen molar-refractivity contribution in [2.45, 2.75) is 19.4 Å². The molecule has 5 aromatic rings.